The molecule has 0 saturated carbocycles. The molecule has 2 rings (SSSR count). The minimum absolute atomic E-state index is 0.346. The minimum atomic E-state index is -0.895. The van der Waals surface area contributed by atoms with Gasteiger partial charge in [-0.25, -0.2) is 4.79 Å². The van der Waals surface area contributed by atoms with Crippen LogP contribution in [0.5, 0.6) is 0 Å². The van der Waals surface area contributed by atoms with Crippen LogP contribution in [0.25, 0.3) is 0 Å². The number of nitrogens with one attached hydrogen (secondary N) is 1. The fraction of sp³-hybridized carbons (Fsp3) is 0.125. The third kappa shape index (κ3) is 4.33. The molecule has 2 aromatic carbocycles. The highest BCUT2D eigenvalue weighted by molar-refractivity contribution is 6.30. The number of para-hydroxylation sites is 1. The van der Waals surface area contributed by atoms with Crippen LogP contribution < -0.4 is 5.32 Å². The van der Waals surface area contributed by atoms with Crippen molar-refractivity contribution in [2.45, 2.75) is 13.0 Å². The summed E-state index contributed by atoms with van der Waals surface area (Å²) in [4.78, 5) is 23.8. The van der Waals surface area contributed by atoms with Crippen molar-refractivity contribution < 1.29 is 14.3 Å². The summed E-state index contributed by atoms with van der Waals surface area (Å²) in [6, 6.07) is 15.2. The van der Waals surface area contributed by atoms with Gasteiger partial charge < -0.3 is 10.1 Å². The summed E-state index contributed by atoms with van der Waals surface area (Å²) >= 11 is 5.75. The fourth-order valence-electron chi connectivity index (χ4n) is 1.63. The summed E-state index contributed by atoms with van der Waals surface area (Å²) in [7, 11) is 0. The number of carbonyl (C=O) groups excluding carboxylic acids is 2. The maximum absolute atomic E-state index is 11.9. The number of amides is 1. The molecule has 1 atom stereocenters. The molecule has 5 heteroatoms. The molecule has 1 unspecified atom stereocenters. The highest BCUT2D eigenvalue weighted by Gasteiger charge is 2.18. The summed E-state index contributed by atoms with van der Waals surface area (Å²) in [5.74, 6) is -0.953. The van der Waals surface area contributed by atoms with E-state index >= 15 is 0 Å². The second-order valence-corrected chi connectivity index (χ2v) is 4.85. The molecule has 21 heavy (non-hydrogen) atoms. The van der Waals surface area contributed by atoms with Crippen LogP contribution in [0.4, 0.5) is 5.69 Å². The van der Waals surface area contributed by atoms with Gasteiger partial charge in [-0.3, -0.25) is 4.79 Å². The molecule has 0 spiro atoms. The highest BCUT2D eigenvalue weighted by atomic mass is 35.5. The number of rotatable bonds is 4. The lowest BCUT2D eigenvalue weighted by Crippen LogP contribution is -2.29. The van der Waals surface area contributed by atoms with Crippen molar-refractivity contribution in [1.82, 2.24) is 0 Å². The molecule has 0 aliphatic heterocycles. The molecule has 1 amide bonds. The van der Waals surface area contributed by atoms with Crippen LogP contribution in [0, 0.1) is 0 Å². The van der Waals surface area contributed by atoms with E-state index in [1.165, 1.54) is 6.92 Å². The lowest BCUT2D eigenvalue weighted by atomic mass is 10.2. The van der Waals surface area contributed by atoms with E-state index in [1.54, 1.807) is 48.5 Å². The Labute approximate surface area is 127 Å². The number of benzene rings is 2. The lowest BCUT2D eigenvalue weighted by Gasteiger charge is -2.13. The van der Waals surface area contributed by atoms with Crippen LogP contribution in [-0.2, 0) is 9.53 Å². The van der Waals surface area contributed by atoms with E-state index < -0.39 is 12.1 Å². The number of hydrogen-bond donors (Lipinski definition) is 1. The zero-order valence-corrected chi connectivity index (χ0v) is 12.1. The average molecular weight is 304 g/mol. The van der Waals surface area contributed by atoms with E-state index in [4.69, 9.17) is 16.3 Å². The quantitative estimate of drug-likeness (QED) is 0.879. The van der Waals surface area contributed by atoms with Crippen molar-refractivity contribution in [2.24, 2.45) is 0 Å². The van der Waals surface area contributed by atoms with E-state index in [9.17, 15) is 9.59 Å². The molecule has 0 saturated heterocycles. The van der Waals surface area contributed by atoms with Crippen molar-refractivity contribution in [3.63, 3.8) is 0 Å². The van der Waals surface area contributed by atoms with Crippen molar-refractivity contribution in [2.75, 3.05) is 5.32 Å². The predicted octanol–water partition coefficient (Wildman–Crippen LogP) is 3.52. The van der Waals surface area contributed by atoms with Gasteiger partial charge in [0.15, 0.2) is 6.10 Å². The number of carbonyl (C=O) groups is 2. The summed E-state index contributed by atoms with van der Waals surface area (Å²) < 4.78 is 5.12. The first-order valence-corrected chi connectivity index (χ1v) is 6.76. The Bertz CT molecular complexity index is 626. The molecule has 0 radical (unpaired) electrons. The van der Waals surface area contributed by atoms with Gasteiger partial charge >= 0.3 is 5.97 Å². The Morgan fingerprint density at radius 2 is 1.67 bits per heavy atom. The number of halogens is 1. The Morgan fingerprint density at radius 3 is 2.29 bits per heavy atom. The normalized spacial score (nSPS) is 11.5. The Balaban J connectivity index is 1.94. The maximum atomic E-state index is 11.9. The number of esters is 1. The van der Waals surface area contributed by atoms with E-state index in [2.05, 4.69) is 5.32 Å². The third-order valence-corrected chi connectivity index (χ3v) is 3.03. The fourth-order valence-corrected chi connectivity index (χ4v) is 1.76. The van der Waals surface area contributed by atoms with Gasteiger partial charge in [0, 0.05) is 10.7 Å². The van der Waals surface area contributed by atoms with Crippen molar-refractivity contribution in [3.8, 4) is 0 Å². The van der Waals surface area contributed by atoms with Gasteiger partial charge in [-0.2, -0.15) is 0 Å². The van der Waals surface area contributed by atoms with Gasteiger partial charge in [0.1, 0.15) is 0 Å². The smallest absolute Gasteiger partial charge is 0.338 e. The maximum Gasteiger partial charge on any atom is 0.338 e. The van der Waals surface area contributed by atoms with Crippen LogP contribution in [0.2, 0.25) is 5.02 Å². The van der Waals surface area contributed by atoms with E-state index in [1.807, 2.05) is 6.07 Å². The SMILES string of the molecule is CC(OC(=O)c1ccc(Cl)cc1)C(=O)Nc1ccccc1. The summed E-state index contributed by atoms with van der Waals surface area (Å²) in [6.45, 7) is 1.52. The van der Waals surface area contributed by atoms with Crippen LogP contribution in [0.3, 0.4) is 0 Å². The molecule has 2 aromatic rings. The largest absolute Gasteiger partial charge is 0.449 e. The second-order valence-electron chi connectivity index (χ2n) is 4.41. The topological polar surface area (TPSA) is 55.4 Å². The van der Waals surface area contributed by atoms with Gasteiger partial charge in [-0.1, -0.05) is 29.8 Å². The van der Waals surface area contributed by atoms with Crippen LogP contribution in [0.1, 0.15) is 17.3 Å². The molecule has 1 N–H and O–H groups in total. The summed E-state index contributed by atoms with van der Waals surface area (Å²) in [6.07, 6.45) is -0.895. The molecule has 0 heterocycles. The number of hydrogen-bond acceptors (Lipinski definition) is 3. The first kappa shape index (κ1) is 15.1. The van der Waals surface area contributed by atoms with E-state index in [0.29, 0.717) is 16.3 Å². The molecular weight excluding hydrogens is 290 g/mol. The standard InChI is InChI=1S/C16H14ClNO3/c1-11(15(19)18-14-5-3-2-4-6-14)21-16(20)12-7-9-13(17)10-8-12/h2-11H,1H3,(H,18,19). The molecule has 108 valence electrons. The van der Waals surface area contributed by atoms with Crippen molar-refractivity contribution >= 4 is 29.2 Å². The third-order valence-electron chi connectivity index (χ3n) is 2.77. The Kier molecular flexibility index (Phi) is 4.95. The van der Waals surface area contributed by atoms with Crippen LogP contribution in [0.15, 0.2) is 54.6 Å². The molecule has 0 bridgehead atoms. The minimum Gasteiger partial charge on any atom is -0.449 e. The van der Waals surface area contributed by atoms with Crippen LogP contribution >= 0.6 is 11.6 Å². The molecule has 0 fully saturated rings. The Hall–Kier alpha value is -2.33. The number of ether oxygens (including phenoxy) is 1. The van der Waals surface area contributed by atoms with Gasteiger partial charge in [-0.15, -0.1) is 0 Å². The molecular formula is C16H14ClNO3. The van der Waals surface area contributed by atoms with Gasteiger partial charge in [0.25, 0.3) is 5.91 Å². The summed E-state index contributed by atoms with van der Waals surface area (Å²) in [5.41, 5.74) is 0.996. The zero-order valence-electron chi connectivity index (χ0n) is 11.4. The Morgan fingerprint density at radius 1 is 1.05 bits per heavy atom. The summed E-state index contributed by atoms with van der Waals surface area (Å²) in [5, 5.41) is 3.20. The first-order valence-electron chi connectivity index (χ1n) is 6.39. The monoisotopic (exact) mass is 303 g/mol. The van der Waals surface area contributed by atoms with Gasteiger partial charge in [-0.05, 0) is 43.3 Å². The van der Waals surface area contributed by atoms with Gasteiger partial charge in [0.05, 0.1) is 5.56 Å². The number of anilines is 1. The first-order chi connectivity index (χ1) is 10.1. The molecule has 0 aliphatic carbocycles. The van der Waals surface area contributed by atoms with Crippen molar-refractivity contribution in [3.05, 3.63) is 65.2 Å². The van der Waals surface area contributed by atoms with E-state index in [0.717, 1.165) is 0 Å². The predicted molar refractivity (Wildman–Crippen MR) is 81.4 cm³/mol. The lowest BCUT2D eigenvalue weighted by molar-refractivity contribution is -0.123. The molecule has 0 aromatic heterocycles. The van der Waals surface area contributed by atoms with E-state index in [-0.39, 0.29) is 5.91 Å². The average Bonchev–Trinajstić information content (AvgIpc) is 2.48. The van der Waals surface area contributed by atoms with Crippen LogP contribution in [-0.4, -0.2) is 18.0 Å². The second kappa shape index (κ2) is 6.90. The molecule has 4 nitrogen and oxygen atoms in total. The van der Waals surface area contributed by atoms with Gasteiger partial charge in [0.2, 0.25) is 0 Å². The highest BCUT2D eigenvalue weighted by Crippen LogP contribution is 2.12. The van der Waals surface area contributed by atoms with Crippen molar-refractivity contribution in [1.29, 1.82) is 0 Å². The molecule has 0 aliphatic rings. The zero-order chi connectivity index (χ0) is 15.2.